The van der Waals surface area contributed by atoms with E-state index in [1.54, 1.807) is 18.2 Å². The molecule has 0 aliphatic heterocycles. The van der Waals surface area contributed by atoms with Gasteiger partial charge in [-0.3, -0.25) is 15.4 Å². The number of ether oxygens (including phenoxy) is 2. The normalized spacial score (nSPS) is 9.86. The lowest BCUT2D eigenvalue weighted by molar-refractivity contribution is -0.384. The lowest BCUT2D eigenvalue weighted by Crippen LogP contribution is -2.14. The predicted molar refractivity (Wildman–Crippen MR) is 79.9 cm³/mol. The molecule has 0 atom stereocenters. The van der Waals surface area contributed by atoms with Crippen LogP contribution in [0.5, 0.6) is 5.75 Å². The van der Waals surface area contributed by atoms with Gasteiger partial charge in [0.2, 0.25) is 0 Å². The summed E-state index contributed by atoms with van der Waals surface area (Å²) in [5.74, 6) is 0.0610. The van der Waals surface area contributed by atoms with Crippen LogP contribution in [0.4, 0.5) is 16.2 Å². The number of rotatable bonds is 5. The van der Waals surface area contributed by atoms with Gasteiger partial charge in [-0.1, -0.05) is 36.4 Å². The third-order valence-electron chi connectivity index (χ3n) is 2.85. The van der Waals surface area contributed by atoms with Crippen molar-refractivity contribution in [2.75, 3.05) is 12.4 Å². The van der Waals surface area contributed by atoms with E-state index in [0.29, 0.717) is 0 Å². The number of nitro groups is 1. The molecule has 1 N–H and O–H groups in total. The first-order valence-corrected chi connectivity index (χ1v) is 6.41. The van der Waals surface area contributed by atoms with Gasteiger partial charge in [0, 0.05) is 0 Å². The molecule has 0 spiro atoms. The Labute approximate surface area is 126 Å². The summed E-state index contributed by atoms with van der Waals surface area (Å²) in [7, 11) is 1.32. The van der Waals surface area contributed by atoms with Gasteiger partial charge in [0.05, 0.1) is 12.0 Å². The van der Waals surface area contributed by atoms with E-state index in [1.807, 2.05) is 18.2 Å². The highest BCUT2D eigenvalue weighted by molar-refractivity contribution is 5.89. The number of benzene rings is 2. The molecule has 7 heteroatoms. The number of nitro benzene ring substituents is 1. The maximum absolute atomic E-state index is 11.8. The van der Waals surface area contributed by atoms with Gasteiger partial charge in [-0.05, 0) is 17.7 Å². The highest BCUT2D eigenvalue weighted by Gasteiger charge is 2.22. The molecule has 0 saturated heterocycles. The maximum atomic E-state index is 11.8. The minimum atomic E-state index is -0.778. The molecule has 2 rings (SSSR count). The van der Waals surface area contributed by atoms with E-state index >= 15 is 0 Å². The third kappa shape index (κ3) is 3.72. The van der Waals surface area contributed by atoms with Crippen molar-refractivity contribution in [3.8, 4) is 5.75 Å². The van der Waals surface area contributed by atoms with E-state index in [0.717, 1.165) is 5.56 Å². The smallest absolute Gasteiger partial charge is 0.412 e. The van der Waals surface area contributed by atoms with Gasteiger partial charge in [0.1, 0.15) is 12.3 Å². The van der Waals surface area contributed by atoms with Crippen molar-refractivity contribution in [2.45, 2.75) is 6.61 Å². The number of methoxy groups -OCH3 is 1. The lowest BCUT2D eigenvalue weighted by Gasteiger charge is -2.09. The SMILES string of the molecule is COc1cccc(NC(=O)OCc2ccccc2)c1[N+](=O)[O-]. The fourth-order valence-electron chi connectivity index (χ4n) is 1.85. The minimum Gasteiger partial charge on any atom is -0.490 e. The predicted octanol–water partition coefficient (Wildman–Crippen LogP) is 3.35. The maximum Gasteiger partial charge on any atom is 0.412 e. The molecule has 2 aromatic carbocycles. The van der Waals surface area contributed by atoms with Crippen LogP contribution in [0.2, 0.25) is 0 Å². The van der Waals surface area contributed by atoms with Crippen molar-refractivity contribution in [1.29, 1.82) is 0 Å². The average molecular weight is 302 g/mol. The van der Waals surface area contributed by atoms with Gasteiger partial charge in [0.25, 0.3) is 0 Å². The van der Waals surface area contributed by atoms with E-state index in [4.69, 9.17) is 9.47 Å². The fraction of sp³-hybridized carbons (Fsp3) is 0.133. The van der Waals surface area contributed by atoms with Gasteiger partial charge in [0.15, 0.2) is 5.75 Å². The van der Waals surface area contributed by atoms with Crippen molar-refractivity contribution in [3.05, 3.63) is 64.2 Å². The summed E-state index contributed by atoms with van der Waals surface area (Å²) in [5, 5.41) is 13.4. The number of anilines is 1. The topological polar surface area (TPSA) is 90.7 Å². The average Bonchev–Trinajstić information content (AvgIpc) is 2.53. The largest absolute Gasteiger partial charge is 0.490 e. The number of hydrogen-bond donors (Lipinski definition) is 1. The van der Waals surface area contributed by atoms with Crippen molar-refractivity contribution < 1.29 is 19.2 Å². The van der Waals surface area contributed by atoms with Crippen LogP contribution in [0.15, 0.2) is 48.5 Å². The van der Waals surface area contributed by atoms with Gasteiger partial charge in [-0.15, -0.1) is 0 Å². The molecule has 114 valence electrons. The molecule has 0 unspecified atom stereocenters. The molecule has 0 aliphatic rings. The van der Waals surface area contributed by atoms with Gasteiger partial charge >= 0.3 is 11.8 Å². The number of carbonyl (C=O) groups is 1. The van der Waals surface area contributed by atoms with E-state index < -0.39 is 11.0 Å². The molecule has 22 heavy (non-hydrogen) atoms. The molecule has 1 amide bonds. The monoisotopic (exact) mass is 302 g/mol. The van der Waals surface area contributed by atoms with Gasteiger partial charge in [-0.25, -0.2) is 4.79 Å². The zero-order valence-electron chi connectivity index (χ0n) is 11.8. The quantitative estimate of drug-likeness (QED) is 0.675. The Hall–Kier alpha value is -3.09. The Bertz CT molecular complexity index is 673. The Morgan fingerprint density at radius 1 is 1.18 bits per heavy atom. The summed E-state index contributed by atoms with van der Waals surface area (Å²) in [6.07, 6.45) is -0.778. The molecule has 0 radical (unpaired) electrons. The van der Waals surface area contributed by atoms with Crippen LogP contribution in [0, 0.1) is 10.1 Å². The molecular formula is C15H14N2O5. The number of nitrogens with zero attached hydrogens (tertiary/aromatic N) is 1. The van der Waals surface area contributed by atoms with Crippen LogP contribution < -0.4 is 10.1 Å². The van der Waals surface area contributed by atoms with Gasteiger partial charge in [-0.2, -0.15) is 0 Å². The summed E-state index contributed by atoms with van der Waals surface area (Å²) in [5.41, 5.74) is 0.516. The Balaban J connectivity index is 2.07. The number of carbonyl (C=O) groups excluding carboxylic acids is 1. The van der Waals surface area contributed by atoms with E-state index in [9.17, 15) is 14.9 Å². The second kappa shape index (κ2) is 7.07. The molecule has 0 bridgehead atoms. The molecule has 0 heterocycles. The first kappa shape index (κ1) is 15.3. The summed E-state index contributed by atoms with van der Waals surface area (Å²) < 4.78 is 9.95. The van der Waals surface area contributed by atoms with Crippen molar-refractivity contribution in [3.63, 3.8) is 0 Å². The zero-order chi connectivity index (χ0) is 15.9. The number of nitrogens with one attached hydrogen (secondary N) is 1. The van der Waals surface area contributed by atoms with Crippen LogP contribution in [-0.4, -0.2) is 18.1 Å². The van der Waals surface area contributed by atoms with Crippen molar-refractivity contribution in [2.24, 2.45) is 0 Å². The molecule has 0 fully saturated rings. The van der Waals surface area contributed by atoms with E-state index in [-0.39, 0.29) is 23.7 Å². The summed E-state index contributed by atoms with van der Waals surface area (Å²) in [6.45, 7) is 0.0738. The molecule has 2 aromatic rings. The molecule has 0 saturated carbocycles. The first-order chi connectivity index (χ1) is 10.6. The number of hydrogen-bond acceptors (Lipinski definition) is 5. The Morgan fingerprint density at radius 3 is 2.55 bits per heavy atom. The molecule has 0 aliphatic carbocycles. The van der Waals surface area contributed by atoms with Gasteiger partial charge < -0.3 is 9.47 Å². The molecule has 0 aromatic heterocycles. The van der Waals surface area contributed by atoms with E-state index in [1.165, 1.54) is 19.2 Å². The van der Waals surface area contributed by atoms with Crippen molar-refractivity contribution in [1.82, 2.24) is 0 Å². The molecular weight excluding hydrogens is 288 g/mol. The number of para-hydroxylation sites is 1. The number of amides is 1. The molecule has 7 nitrogen and oxygen atoms in total. The van der Waals surface area contributed by atoms with Crippen LogP contribution in [0.25, 0.3) is 0 Å². The first-order valence-electron chi connectivity index (χ1n) is 6.41. The minimum absolute atomic E-state index is 0.0161. The summed E-state index contributed by atoms with van der Waals surface area (Å²) in [6, 6.07) is 13.5. The lowest BCUT2D eigenvalue weighted by atomic mass is 10.2. The Morgan fingerprint density at radius 2 is 1.91 bits per heavy atom. The van der Waals surface area contributed by atoms with Crippen LogP contribution in [0.3, 0.4) is 0 Å². The zero-order valence-corrected chi connectivity index (χ0v) is 11.8. The highest BCUT2D eigenvalue weighted by atomic mass is 16.6. The summed E-state index contributed by atoms with van der Waals surface area (Å²) >= 11 is 0. The summed E-state index contributed by atoms with van der Waals surface area (Å²) in [4.78, 5) is 22.2. The Kier molecular flexibility index (Phi) is 4.92. The third-order valence-corrected chi connectivity index (χ3v) is 2.85. The van der Waals surface area contributed by atoms with E-state index in [2.05, 4.69) is 5.32 Å². The standard InChI is InChI=1S/C15H14N2O5/c1-21-13-9-5-8-12(14(13)17(19)20)16-15(18)22-10-11-6-3-2-4-7-11/h2-9H,10H2,1H3,(H,16,18). The van der Waals surface area contributed by atoms with Crippen LogP contribution in [-0.2, 0) is 11.3 Å². The second-order valence-electron chi connectivity index (χ2n) is 4.30. The van der Waals surface area contributed by atoms with Crippen LogP contribution >= 0.6 is 0 Å². The second-order valence-corrected chi connectivity index (χ2v) is 4.30. The highest BCUT2D eigenvalue weighted by Crippen LogP contribution is 2.34. The van der Waals surface area contributed by atoms with Crippen molar-refractivity contribution >= 4 is 17.5 Å². The van der Waals surface area contributed by atoms with Crippen LogP contribution in [0.1, 0.15) is 5.56 Å². The fourth-order valence-corrected chi connectivity index (χ4v) is 1.85.